The first-order valence-electron chi connectivity index (χ1n) is 9.15. The molecule has 26 heavy (non-hydrogen) atoms. The molecule has 0 bridgehead atoms. The number of methoxy groups -OCH3 is 1. The Bertz CT molecular complexity index is 733. The molecule has 1 aromatic heterocycles. The van der Waals surface area contributed by atoms with Gasteiger partial charge >= 0.3 is 0 Å². The Balaban J connectivity index is 1.51. The van der Waals surface area contributed by atoms with Crippen molar-refractivity contribution in [3.63, 3.8) is 0 Å². The van der Waals surface area contributed by atoms with Gasteiger partial charge in [0.15, 0.2) is 11.5 Å². The van der Waals surface area contributed by atoms with E-state index in [1.807, 2.05) is 30.3 Å². The van der Waals surface area contributed by atoms with Crippen molar-refractivity contribution in [1.29, 1.82) is 0 Å². The van der Waals surface area contributed by atoms with E-state index in [1.165, 1.54) is 12.8 Å². The minimum Gasteiger partial charge on any atom is -0.497 e. The van der Waals surface area contributed by atoms with Crippen LogP contribution in [0.15, 0.2) is 36.4 Å². The van der Waals surface area contributed by atoms with Gasteiger partial charge in [-0.05, 0) is 55.0 Å². The van der Waals surface area contributed by atoms with E-state index in [4.69, 9.17) is 4.74 Å². The van der Waals surface area contributed by atoms with E-state index in [0.29, 0.717) is 18.2 Å². The molecular weight excluding hydrogens is 328 g/mol. The second-order valence-electron chi connectivity index (χ2n) is 6.83. The van der Waals surface area contributed by atoms with Crippen molar-refractivity contribution in [3.05, 3.63) is 47.7 Å². The number of anilines is 1. The number of nitrogens with one attached hydrogen (secondary N) is 1. The minimum atomic E-state index is -0.195. The van der Waals surface area contributed by atoms with Crippen LogP contribution in [0.4, 0.5) is 5.82 Å². The molecule has 1 aliphatic rings. The molecule has 1 fully saturated rings. The summed E-state index contributed by atoms with van der Waals surface area (Å²) in [6, 6.07) is 11.5. The number of piperidine rings is 1. The fourth-order valence-corrected chi connectivity index (χ4v) is 3.25. The molecule has 1 amide bonds. The highest BCUT2D eigenvalue weighted by Crippen LogP contribution is 2.20. The fraction of sp³-hybridized carbons (Fsp3) is 0.450. The Hall–Kier alpha value is -2.63. The molecule has 0 spiro atoms. The van der Waals surface area contributed by atoms with E-state index in [9.17, 15) is 4.79 Å². The smallest absolute Gasteiger partial charge is 0.271 e. The summed E-state index contributed by atoms with van der Waals surface area (Å²) in [6.45, 7) is 4.80. The molecule has 138 valence electrons. The maximum absolute atomic E-state index is 12.2. The normalized spacial score (nSPS) is 17.0. The molecule has 0 saturated carbocycles. The molecule has 1 N–H and O–H groups in total. The monoisotopic (exact) mass is 354 g/mol. The van der Waals surface area contributed by atoms with Gasteiger partial charge in [0.2, 0.25) is 0 Å². The van der Waals surface area contributed by atoms with Crippen molar-refractivity contribution in [2.75, 3.05) is 31.6 Å². The van der Waals surface area contributed by atoms with Crippen LogP contribution in [-0.2, 0) is 6.42 Å². The lowest BCUT2D eigenvalue weighted by Gasteiger charge is -2.31. The first-order chi connectivity index (χ1) is 12.7. The van der Waals surface area contributed by atoms with Crippen molar-refractivity contribution < 1.29 is 9.53 Å². The third-order valence-electron chi connectivity index (χ3n) is 4.70. The Kier molecular flexibility index (Phi) is 6.04. The largest absolute Gasteiger partial charge is 0.497 e. The first-order valence-corrected chi connectivity index (χ1v) is 9.15. The van der Waals surface area contributed by atoms with Crippen LogP contribution in [-0.4, -0.2) is 42.8 Å². The van der Waals surface area contributed by atoms with Gasteiger partial charge in [-0.15, -0.1) is 10.2 Å². The standard InChI is InChI=1S/C20H26N4O2/c1-15-5-4-12-24(14-15)19-9-8-18(22-23-19)20(25)21-11-10-16-6-3-7-17(13-16)26-2/h3,6-9,13,15H,4-5,10-12,14H2,1-2H3,(H,21,25). The van der Waals surface area contributed by atoms with Gasteiger partial charge in [-0.1, -0.05) is 19.1 Å². The molecule has 1 aromatic carbocycles. The Morgan fingerprint density at radius 2 is 2.19 bits per heavy atom. The second kappa shape index (κ2) is 8.65. The topological polar surface area (TPSA) is 67.3 Å². The number of hydrogen-bond donors (Lipinski definition) is 1. The average molecular weight is 354 g/mol. The van der Waals surface area contributed by atoms with Crippen LogP contribution < -0.4 is 15.0 Å². The third-order valence-corrected chi connectivity index (χ3v) is 4.70. The number of aromatic nitrogens is 2. The second-order valence-corrected chi connectivity index (χ2v) is 6.83. The minimum absolute atomic E-state index is 0.195. The first kappa shape index (κ1) is 18.2. The predicted octanol–water partition coefficient (Wildman–Crippen LogP) is 2.69. The summed E-state index contributed by atoms with van der Waals surface area (Å²) in [7, 11) is 1.65. The number of carbonyl (C=O) groups is 1. The summed E-state index contributed by atoms with van der Waals surface area (Å²) >= 11 is 0. The molecule has 1 aliphatic heterocycles. The Morgan fingerprint density at radius 3 is 2.92 bits per heavy atom. The quantitative estimate of drug-likeness (QED) is 0.864. The SMILES string of the molecule is COc1cccc(CCNC(=O)c2ccc(N3CCCC(C)C3)nn2)c1. The van der Waals surface area contributed by atoms with Gasteiger partial charge in [0.1, 0.15) is 5.75 Å². The molecule has 3 rings (SSSR count). The summed E-state index contributed by atoms with van der Waals surface area (Å²) in [4.78, 5) is 14.5. The van der Waals surface area contributed by atoms with Gasteiger partial charge in [0, 0.05) is 19.6 Å². The van der Waals surface area contributed by atoms with Crippen molar-refractivity contribution in [2.24, 2.45) is 5.92 Å². The van der Waals surface area contributed by atoms with E-state index >= 15 is 0 Å². The van der Waals surface area contributed by atoms with E-state index in [0.717, 1.165) is 36.6 Å². The van der Waals surface area contributed by atoms with Crippen LogP contribution in [0.5, 0.6) is 5.75 Å². The zero-order chi connectivity index (χ0) is 18.4. The van der Waals surface area contributed by atoms with Gasteiger partial charge in [-0.2, -0.15) is 0 Å². The van der Waals surface area contributed by atoms with E-state index < -0.39 is 0 Å². The molecule has 0 radical (unpaired) electrons. The lowest BCUT2D eigenvalue weighted by molar-refractivity contribution is 0.0948. The van der Waals surface area contributed by atoms with Gasteiger partial charge in [-0.25, -0.2) is 0 Å². The Morgan fingerprint density at radius 1 is 1.31 bits per heavy atom. The number of amides is 1. The highest BCUT2D eigenvalue weighted by molar-refractivity contribution is 5.92. The molecule has 1 unspecified atom stereocenters. The zero-order valence-corrected chi connectivity index (χ0v) is 15.4. The van der Waals surface area contributed by atoms with Crippen LogP contribution in [0.3, 0.4) is 0 Å². The molecule has 6 heteroatoms. The fourth-order valence-electron chi connectivity index (χ4n) is 3.25. The maximum atomic E-state index is 12.2. The molecule has 6 nitrogen and oxygen atoms in total. The van der Waals surface area contributed by atoms with Gasteiger partial charge in [0.25, 0.3) is 5.91 Å². The van der Waals surface area contributed by atoms with Gasteiger partial charge in [0.05, 0.1) is 7.11 Å². The third kappa shape index (κ3) is 4.71. The number of carbonyl (C=O) groups excluding carboxylic acids is 1. The number of nitrogens with zero attached hydrogens (tertiary/aromatic N) is 3. The Labute approximate surface area is 154 Å². The summed E-state index contributed by atoms with van der Waals surface area (Å²) in [6.07, 6.45) is 3.17. The number of rotatable bonds is 6. The molecule has 2 aromatic rings. The van der Waals surface area contributed by atoms with Crippen LogP contribution in [0, 0.1) is 5.92 Å². The predicted molar refractivity (Wildman–Crippen MR) is 102 cm³/mol. The highest BCUT2D eigenvalue weighted by Gasteiger charge is 2.18. The zero-order valence-electron chi connectivity index (χ0n) is 15.4. The van der Waals surface area contributed by atoms with Crippen LogP contribution in [0.1, 0.15) is 35.8 Å². The molecule has 1 atom stereocenters. The van der Waals surface area contributed by atoms with Crippen LogP contribution in [0.2, 0.25) is 0 Å². The summed E-state index contributed by atoms with van der Waals surface area (Å²) < 4.78 is 5.21. The van der Waals surface area contributed by atoms with Crippen LogP contribution in [0.25, 0.3) is 0 Å². The lowest BCUT2D eigenvalue weighted by Crippen LogP contribution is -2.35. The van der Waals surface area contributed by atoms with E-state index in [-0.39, 0.29) is 5.91 Å². The average Bonchev–Trinajstić information content (AvgIpc) is 2.68. The van der Waals surface area contributed by atoms with E-state index in [2.05, 4.69) is 27.3 Å². The number of benzene rings is 1. The van der Waals surface area contributed by atoms with Crippen molar-refractivity contribution in [1.82, 2.24) is 15.5 Å². The number of hydrogen-bond acceptors (Lipinski definition) is 5. The maximum Gasteiger partial charge on any atom is 0.271 e. The summed E-state index contributed by atoms with van der Waals surface area (Å²) in [5.74, 6) is 2.15. The van der Waals surface area contributed by atoms with Crippen molar-refractivity contribution in [3.8, 4) is 5.75 Å². The molecule has 1 saturated heterocycles. The van der Waals surface area contributed by atoms with Gasteiger partial charge in [-0.3, -0.25) is 4.79 Å². The highest BCUT2D eigenvalue weighted by atomic mass is 16.5. The number of ether oxygens (including phenoxy) is 1. The molecule has 2 heterocycles. The van der Waals surface area contributed by atoms with E-state index in [1.54, 1.807) is 13.2 Å². The van der Waals surface area contributed by atoms with Gasteiger partial charge < -0.3 is 15.0 Å². The lowest BCUT2D eigenvalue weighted by atomic mass is 10.0. The van der Waals surface area contributed by atoms with Crippen molar-refractivity contribution >= 4 is 11.7 Å². The van der Waals surface area contributed by atoms with Crippen LogP contribution >= 0.6 is 0 Å². The molecule has 0 aliphatic carbocycles. The summed E-state index contributed by atoms with van der Waals surface area (Å²) in [5.41, 5.74) is 1.47. The summed E-state index contributed by atoms with van der Waals surface area (Å²) in [5, 5.41) is 11.2. The van der Waals surface area contributed by atoms with Crippen molar-refractivity contribution in [2.45, 2.75) is 26.2 Å². The molecular formula is C20H26N4O2.